The molecule has 0 spiro atoms. The molecule has 4 rings (SSSR count). The summed E-state index contributed by atoms with van der Waals surface area (Å²) < 4.78 is 42.7. The number of amides is 1. The Balaban J connectivity index is 1.49. The Morgan fingerprint density at radius 3 is 2.35 bits per heavy atom. The molecular weight excluding hydrogens is 417 g/mol. The molecule has 2 saturated heterocycles. The van der Waals surface area contributed by atoms with Crippen molar-refractivity contribution in [3.63, 3.8) is 0 Å². The summed E-state index contributed by atoms with van der Waals surface area (Å²) in [4.78, 5) is 15.3. The summed E-state index contributed by atoms with van der Waals surface area (Å²) in [5.74, 6) is -0.354. The van der Waals surface area contributed by atoms with Gasteiger partial charge in [-0.2, -0.15) is 4.31 Å². The number of hydrogen-bond acceptors (Lipinski definition) is 4. The first kappa shape index (κ1) is 21.8. The van der Waals surface area contributed by atoms with E-state index in [-0.39, 0.29) is 18.5 Å². The van der Waals surface area contributed by atoms with Gasteiger partial charge in [0, 0.05) is 56.9 Å². The summed E-state index contributed by atoms with van der Waals surface area (Å²) in [5, 5.41) is -0.594. The van der Waals surface area contributed by atoms with Gasteiger partial charge in [0.2, 0.25) is 15.9 Å². The molecule has 2 aliphatic heterocycles. The maximum atomic E-state index is 14.9. The van der Waals surface area contributed by atoms with Gasteiger partial charge in [-0.1, -0.05) is 36.4 Å². The number of carbonyl (C=O) groups is 1. The van der Waals surface area contributed by atoms with Crippen LogP contribution in [-0.2, 0) is 21.4 Å². The highest BCUT2D eigenvalue weighted by molar-refractivity contribution is 7.89. The highest BCUT2D eigenvalue weighted by atomic mass is 32.2. The molecule has 31 heavy (non-hydrogen) atoms. The molecule has 2 heterocycles. The smallest absolute Gasteiger partial charge is 0.221 e. The first-order valence-electron chi connectivity index (χ1n) is 10.6. The summed E-state index contributed by atoms with van der Waals surface area (Å²) in [6, 6.07) is 14.0. The van der Waals surface area contributed by atoms with E-state index in [1.165, 1.54) is 10.4 Å². The van der Waals surface area contributed by atoms with E-state index in [0.717, 1.165) is 11.3 Å². The van der Waals surface area contributed by atoms with Crippen molar-refractivity contribution >= 4 is 21.6 Å². The number of anilines is 1. The summed E-state index contributed by atoms with van der Waals surface area (Å²) in [7, 11) is -3.57. The van der Waals surface area contributed by atoms with Gasteiger partial charge in [0.15, 0.2) is 0 Å². The highest BCUT2D eigenvalue weighted by Crippen LogP contribution is 2.40. The first-order chi connectivity index (χ1) is 14.8. The Morgan fingerprint density at radius 2 is 1.74 bits per heavy atom. The van der Waals surface area contributed by atoms with Gasteiger partial charge in [-0.05, 0) is 31.0 Å². The third-order valence-electron chi connectivity index (χ3n) is 6.36. The Kier molecular flexibility index (Phi) is 6.03. The molecule has 0 saturated carbocycles. The van der Waals surface area contributed by atoms with Gasteiger partial charge in [-0.25, -0.2) is 12.8 Å². The summed E-state index contributed by atoms with van der Waals surface area (Å²) in [5.41, 5.74) is 1.90. The Bertz CT molecular complexity index is 1050. The van der Waals surface area contributed by atoms with Crippen molar-refractivity contribution in [1.82, 2.24) is 9.21 Å². The second-order valence-electron chi connectivity index (χ2n) is 8.34. The van der Waals surface area contributed by atoms with E-state index in [1.807, 2.05) is 48.2 Å². The van der Waals surface area contributed by atoms with E-state index in [1.54, 1.807) is 17.9 Å². The van der Waals surface area contributed by atoms with Crippen molar-refractivity contribution in [3.8, 4) is 0 Å². The van der Waals surface area contributed by atoms with E-state index >= 15 is 0 Å². The number of carbonyl (C=O) groups excluding carboxylic acids is 1. The Morgan fingerprint density at radius 1 is 1.06 bits per heavy atom. The molecule has 1 amide bonds. The van der Waals surface area contributed by atoms with Crippen LogP contribution in [0.3, 0.4) is 0 Å². The molecule has 0 aliphatic carbocycles. The van der Waals surface area contributed by atoms with Gasteiger partial charge < -0.3 is 9.80 Å². The third-order valence-corrected chi connectivity index (χ3v) is 8.68. The van der Waals surface area contributed by atoms with E-state index in [4.69, 9.17) is 0 Å². The van der Waals surface area contributed by atoms with Crippen LogP contribution in [0, 0.1) is 5.82 Å². The molecule has 2 aliphatic rings. The number of halogens is 1. The zero-order chi connectivity index (χ0) is 22.2. The van der Waals surface area contributed by atoms with Crippen LogP contribution in [0.1, 0.15) is 36.6 Å². The van der Waals surface area contributed by atoms with Crippen LogP contribution in [0.25, 0.3) is 0 Å². The monoisotopic (exact) mass is 445 g/mol. The SMILES string of the molecule is CC(=O)N1CCN(c2ccc(CN3[C@H](C)CC(c4ccccc4)S3(=O)=O)c(F)c2)CC1. The minimum Gasteiger partial charge on any atom is -0.368 e. The molecule has 166 valence electrons. The molecule has 0 bridgehead atoms. The van der Waals surface area contributed by atoms with Crippen LogP contribution < -0.4 is 4.90 Å². The number of hydrogen-bond donors (Lipinski definition) is 0. The lowest BCUT2D eigenvalue weighted by atomic mass is 10.1. The van der Waals surface area contributed by atoms with Crippen molar-refractivity contribution in [1.29, 1.82) is 0 Å². The largest absolute Gasteiger partial charge is 0.368 e. The second kappa shape index (κ2) is 8.59. The maximum absolute atomic E-state index is 14.9. The Hall–Kier alpha value is -2.45. The molecule has 8 heteroatoms. The quantitative estimate of drug-likeness (QED) is 0.725. The van der Waals surface area contributed by atoms with Crippen LogP contribution in [0.5, 0.6) is 0 Å². The fraction of sp³-hybridized carbons (Fsp3) is 0.435. The standard InChI is InChI=1S/C23H28FN3O3S/c1-17-14-23(19-6-4-3-5-7-19)31(29,30)27(17)16-20-8-9-21(15-22(20)24)26-12-10-25(11-13-26)18(2)28/h3-9,15,17,23H,10-14,16H2,1-2H3/t17-,23?/m1/s1. The van der Waals surface area contributed by atoms with E-state index < -0.39 is 21.1 Å². The van der Waals surface area contributed by atoms with Crippen molar-refractivity contribution in [3.05, 3.63) is 65.5 Å². The fourth-order valence-corrected chi connectivity index (χ4v) is 6.75. The Labute approximate surface area is 183 Å². The lowest BCUT2D eigenvalue weighted by Gasteiger charge is -2.35. The minimum atomic E-state index is -3.57. The van der Waals surface area contributed by atoms with Gasteiger partial charge >= 0.3 is 0 Å². The van der Waals surface area contributed by atoms with Crippen LogP contribution in [0.15, 0.2) is 48.5 Å². The van der Waals surface area contributed by atoms with E-state index in [0.29, 0.717) is 38.2 Å². The summed E-state index contributed by atoms with van der Waals surface area (Å²) in [6.45, 7) is 5.98. The van der Waals surface area contributed by atoms with Gasteiger partial charge in [-0.3, -0.25) is 4.79 Å². The van der Waals surface area contributed by atoms with Gasteiger partial charge in [0.1, 0.15) is 11.1 Å². The third kappa shape index (κ3) is 4.32. The van der Waals surface area contributed by atoms with Crippen LogP contribution in [-0.4, -0.2) is 55.8 Å². The average Bonchev–Trinajstić information content (AvgIpc) is 2.99. The zero-order valence-electron chi connectivity index (χ0n) is 17.9. The molecule has 1 unspecified atom stereocenters. The fourth-order valence-electron chi connectivity index (χ4n) is 4.49. The predicted octanol–water partition coefficient (Wildman–Crippen LogP) is 3.16. The molecule has 2 atom stereocenters. The number of rotatable bonds is 4. The molecule has 0 aromatic heterocycles. The van der Waals surface area contributed by atoms with Crippen LogP contribution in [0.2, 0.25) is 0 Å². The summed E-state index contributed by atoms with van der Waals surface area (Å²) in [6.07, 6.45) is 0.493. The number of piperazine rings is 1. The molecule has 2 aromatic rings. The van der Waals surface area contributed by atoms with Crippen molar-refractivity contribution in [2.75, 3.05) is 31.1 Å². The molecule has 2 fully saturated rings. The lowest BCUT2D eigenvalue weighted by Crippen LogP contribution is -2.48. The van der Waals surface area contributed by atoms with Crippen molar-refractivity contribution in [2.45, 2.75) is 38.1 Å². The van der Waals surface area contributed by atoms with Gasteiger partial charge in [0.05, 0.1) is 0 Å². The average molecular weight is 446 g/mol. The van der Waals surface area contributed by atoms with Crippen molar-refractivity contribution < 1.29 is 17.6 Å². The minimum absolute atomic E-state index is 0.0249. The normalized spacial score (nSPS) is 23.8. The van der Waals surface area contributed by atoms with Crippen LogP contribution >= 0.6 is 0 Å². The second-order valence-corrected chi connectivity index (χ2v) is 10.4. The molecule has 0 N–H and O–H groups in total. The van der Waals surface area contributed by atoms with Crippen molar-refractivity contribution in [2.24, 2.45) is 0 Å². The highest BCUT2D eigenvalue weighted by Gasteiger charge is 2.44. The van der Waals surface area contributed by atoms with Gasteiger partial charge in [0.25, 0.3) is 0 Å². The van der Waals surface area contributed by atoms with E-state index in [2.05, 4.69) is 0 Å². The number of sulfonamides is 1. The number of nitrogens with zero attached hydrogens (tertiary/aromatic N) is 3. The lowest BCUT2D eigenvalue weighted by molar-refractivity contribution is -0.129. The zero-order valence-corrected chi connectivity index (χ0v) is 18.7. The summed E-state index contributed by atoms with van der Waals surface area (Å²) >= 11 is 0. The predicted molar refractivity (Wildman–Crippen MR) is 119 cm³/mol. The van der Waals surface area contributed by atoms with Crippen LogP contribution in [0.4, 0.5) is 10.1 Å². The molecule has 2 aromatic carbocycles. The first-order valence-corrected chi connectivity index (χ1v) is 12.1. The van der Waals surface area contributed by atoms with Gasteiger partial charge in [-0.15, -0.1) is 0 Å². The molecular formula is C23H28FN3O3S. The van der Waals surface area contributed by atoms with E-state index in [9.17, 15) is 17.6 Å². The topological polar surface area (TPSA) is 60.9 Å². The maximum Gasteiger partial charge on any atom is 0.221 e. The molecule has 6 nitrogen and oxygen atoms in total. The molecule has 0 radical (unpaired) electrons. The number of benzene rings is 2.